The summed E-state index contributed by atoms with van der Waals surface area (Å²) in [7, 11) is 1.83. The van der Waals surface area contributed by atoms with Gasteiger partial charge in [-0.15, -0.1) is 0 Å². The molecule has 1 heterocycles. The second-order valence-electron chi connectivity index (χ2n) is 5.11. The van der Waals surface area contributed by atoms with Crippen LogP contribution in [0.3, 0.4) is 0 Å². The number of nitrogens with one attached hydrogen (secondary N) is 2. The number of nitrogens with zero attached hydrogens (tertiary/aromatic N) is 1. The van der Waals surface area contributed by atoms with Gasteiger partial charge in [-0.05, 0) is 23.6 Å². The number of nitro groups is 1. The maximum Gasteiger partial charge on any atom is 0.269 e. The van der Waals surface area contributed by atoms with Gasteiger partial charge in [0.25, 0.3) is 5.69 Å². The lowest BCUT2D eigenvalue weighted by Crippen LogP contribution is -2.31. The lowest BCUT2D eigenvalue weighted by atomic mass is 9.89. The van der Waals surface area contributed by atoms with Crippen molar-refractivity contribution in [2.75, 3.05) is 18.9 Å². The fourth-order valence-corrected chi connectivity index (χ4v) is 2.91. The molecule has 108 valence electrons. The van der Waals surface area contributed by atoms with E-state index in [4.69, 9.17) is 0 Å². The molecule has 0 spiro atoms. The highest BCUT2D eigenvalue weighted by atomic mass is 16.6. The zero-order valence-corrected chi connectivity index (χ0v) is 11.8. The average Bonchev–Trinajstić information content (AvgIpc) is 2.53. The molecule has 0 aromatic heterocycles. The Balaban J connectivity index is 2.12. The van der Waals surface area contributed by atoms with Crippen molar-refractivity contribution in [1.29, 1.82) is 0 Å². The molecule has 2 N–H and O–H groups in total. The Labute approximate surface area is 123 Å². The van der Waals surface area contributed by atoms with Crippen LogP contribution in [0, 0.1) is 10.1 Å². The highest BCUT2D eigenvalue weighted by Gasteiger charge is 2.24. The predicted octanol–water partition coefficient (Wildman–Crippen LogP) is 2.87. The Morgan fingerprint density at radius 1 is 1.24 bits per heavy atom. The van der Waals surface area contributed by atoms with Crippen molar-refractivity contribution in [3.8, 4) is 0 Å². The zero-order chi connectivity index (χ0) is 14.8. The molecule has 0 amide bonds. The van der Waals surface area contributed by atoms with E-state index in [0.29, 0.717) is 0 Å². The van der Waals surface area contributed by atoms with E-state index in [-0.39, 0.29) is 16.7 Å². The number of hydrogen-bond donors (Lipinski definition) is 2. The SMILES string of the molecule is CNc1ccc([N+](=O)[O-])cc1[C@H]1NCCc2ccccc21. The number of fused-ring (bicyclic) bond motifs is 1. The van der Waals surface area contributed by atoms with Crippen LogP contribution in [0.1, 0.15) is 22.7 Å². The summed E-state index contributed by atoms with van der Waals surface area (Å²) in [5.41, 5.74) is 4.44. The van der Waals surface area contributed by atoms with Crippen LogP contribution in [0.25, 0.3) is 0 Å². The highest BCUT2D eigenvalue weighted by Crippen LogP contribution is 2.34. The first-order chi connectivity index (χ1) is 10.2. The van der Waals surface area contributed by atoms with Gasteiger partial charge in [0.05, 0.1) is 11.0 Å². The van der Waals surface area contributed by atoms with Crippen molar-refractivity contribution in [2.45, 2.75) is 12.5 Å². The Hall–Kier alpha value is -2.40. The van der Waals surface area contributed by atoms with Crippen LogP contribution in [0.15, 0.2) is 42.5 Å². The molecule has 1 aliphatic rings. The minimum absolute atomic E-state index is 0.0164. The molecule has 3 rings (SSSR count). The summed E-state index contributed by atoms with van der Waals surface area (Å²) in [6.45, 7) is 0.869. The monoisotopic (exact) mass is 283 g/mol. The van der Waals surface area contributed by atoms with E-state index in [1.54, 1.807) is 12.1 Å². The molecule has 2 aromatic carbocycles. The summed E-state index contributed by atoms with van der Waals surface area (Å²) in [6, 6.07) is 13.2. The Morgan fingerprint density at radius 2 is 2.05 bits per heavy atom. The number of rotatable bonds is 3. The van der Waals surface area contributed by atoms with Crippen LogP contribution in [-0.4, -0.2) is 18.5 Å². The molecule has 0 unspecified atom stereocenters. The predicted molar refractivity (Wildman–Crippen MR) is 82.6 cm³/mol. The van der Waals surface area contributed by atoms with Crippen LogP contribution < -0.4 is 10.6 Å². The van der Waals surface area contributed by atoms with Gasteiger partial charge >= 0.3 is 0 Å². The summed E-state index contributed by atoms with van der Waals surface area (Å²) < 4.78 is 0. The van der Waals surface area contributed by atoms with Gasteiger partial charge in [-0.2, -0.15) is 0 Å². The van der Waals surface area contributed by atoms with E-state index in [2.05, 4.69) is 22.8 Å². The Morgan fingerprint density at radius 3 is 2.81 bits per heavy atom. The second kappa shape index (κ2) is 5.54. The molecule has 0 saturated heterocycles. The summed E-state index contributed by atoms with van der Waals surface area (Å²) >= 11 is 0. The standard InChI is InChI=1S/C16H17N3O2/c1-17-15-7-6-12(19(20)21)10-14(15)16-13-5-3-2-4-11(13)8-9-18-16/h2-7,10,16-18H,8-9H2,1H3/t16-/m0/s1. The molecule has 0 fully saturated rings. The molecule has 0 bridgehead atoms. The van der Waals surface area contributed by atoms with Gasteiger partial charge in [0.1, 0.15) is 0 Å². The van der Waals surface area contributed by atoms with Crippen LogP contribution in [0.4, 0.5) is 11.4 Å². The van der Waals surface area contributed by atoms with E-state index in [9.17, 15) is 10.1 Å². The van der Waals surface area contributed by atoms with Gasteiger partial charge in [0, 0.05) is 37.0 Å². The van der Waals surface area contributed by atoms with Gasteiger partial charge in [-0.1, -0.05) is 24.3 Å². The number of benzene rings is 2. The van der Waals surface area contributed by atoms with E-state index < -0.39 is 0 Å². The molecule has 1 aliphatic heterocycles. The molecule has 21 heavy (non-hydrogen) atoms. The fourth-order valence-electron chi connectivity index (χ4n) is 2.91. The van der Waals surface area contributed by atoms with Gasteiger partial charge in [-0.3, -0.25) is 10.1 Å². The van der Waals surface area contributed by atoms with E-state index in [1.165, 1.54) is 17.2 Å². The number of anilines is 1. The average molecular weight is 283 g/mol. The third-order valence-electron chi connectivity index (χ3n) is 3.94. The Kier molecular flexibility index (Phi) is 3.58. The van der Waals surface area contributed by atoms with E-state index >= 15 is 0 Å². The third-order valence-corrected chi connectivity index (χ3v) is 3.94. The molecule has 0 saturated carbocycles. The zero-order valence-electron chi connectivity index (χ0n) is 11.8. The largest absolute Gasteiger partial charge is 0.388 e. The molecule has 2 aromatic rings. The minimum Gasteiger partial charge on any atom is -0.388 e. The molecular formula is C16H17N3O2. The first kappa shape index (κ1) is 13.6. The van der Waals surface area contributed by atoms with Gasteiger partial charge in [-0.25, -0.2) is 0 Å². The molecule has 0 aliphatic carbocycles. The quantitative estimate of drug-likeness (QED) is 0.671. The van der Waals surface area contributed by atoms with Crippen molar-refractivity contribution in [3.05, 3.63) is 69.3 Å². The number of non-ortho nitro benzene ring substituents is 1. The first-order valence-electron chi connectivity index (χ1n) is 6.98. The van der Waals surface area contributed by atoms with E-state index in [0.717, 1.165) is 24.2 Å². The molecule has 1 atom stereocenters. The van der Waals surface area contributed by atoms with Gasteiger partial charge < -0.3 is 10.6 Å². The van der Waals surface area contributed by atoms with Crippen molar-refractivity contribution in [1.82, 2.24) is 5.32 Å². The van der Waals surface area contributed by atoms with Crippen LogP contribution in [0.5, 0.6) is 0 Å². The molecule has 5 heteroatoms. The molecular weight excluding hydrogens is 266 g/mol. The minimum atomic E-state index is -0.350. The van der Waals surface area contributed by atoms with Crippen molar-refractivity contribution in [3.63, 3.8) is 0 Å². The topological polar surface area (TPSA) is 67.2 Å². The van der Waals surface area contributed by atoms with Crippen molar-refractivity contribution < 1.29 is 4.92 Å². The normalized spacial score (nSPS) is 17.1. The lowest BCUT2D eigenvalue weighted by molar-refractivity contribution is -0.384. The number of nitro benzene ring substituents is 1. The van der Waals surface area contributed by atoms with Gasteiger partial charge in [0.15, 0.2) is 0 Å². The third kappa shape index (κ3) is 2.48. The summed E-state index contributed by atoms with van der Waals surface area (Å²) in [5.74, 6) is 0. The fraction of sp³-hybridized carbons (Fsp3) is 0.250. The molecule has 0 radical (unpaired) electrons. The first-order valence-corrected chi connectivity index (χ1v) is 6.98. The van der Waals surface area contributed by atoms with Crippen LogP contribution >= 0.6 is 0 Å². The van der Waals surface area contributed by atoms with Crippen LogP contribution in [0.2, 0.25) is 0 Å². The van der Waals surface area contributed by atoms with Crippen LogP contribution in [-0.2, 0) is 6.42 Å². The number of hydrogen-bond acceptors (Lipinski definition) is 4. The summed E-state index contributed by atoms with van der Waals surface area (Å²) in [4.78, 5) is 10.7. The second-order valence-corrected chi connectivity index (χ2v) is 5.11. The van der Waals surface area contributed by atoms with Crippen molar-refractivity contribution in [2.24, 2.45) is 0 Å². The Bertz CT molecular complexity index is 685. The maximum atomic E-state index is 11.0. The van der Waals surface area contributed by atoms with E-state index in [1.807, 2.05) is 19.2 Å². The molecule has 5 nitrogen and oxygen atoms in total. The maximum absolute atomic E-state index is 11.0. The smallest absolute Gasteiger partial charge is 0.269 e. The van der Waals surface area contributed by atoms with Crippen molar-refractivity contribution >= 4 is 11.4 Å². The lowest BCUT2D eigenvalue weighted by Gasteiger charge is -2.28. The summed E-state index contributed by atoms with van der Waals surface area (Å²) in [6.07, 6.45) is 0.983. The highest BCUT2D eigenvalue weighted by molar-refractivity contribution is 5.59. The summed E-state index contributed by atoms with van der Waals surface area (Å²) in [5, 5.41) is 17.6. The van der Waals surface area contributed by atoms with Gasteiger partial charge in [0.2, 0.25) is 0 Å².